The lowest BCUT2D eigenvalue weighted by molar-refractivity contribution is -0.148. The lowest BCUT2D eigenvalue weighted by Crippen LogP contribution is -2.39. The molecule has 24 heavy (non-hydrogen) atoms. The Morgan fingerprint density at radius 2 is 1.88 bits per heavy atom. The number of alkyl halides is 3. The molecule has 3 rings (SSSR count). The molecule has 1 N–H and O–H groups in total. The van der Waals surface area contributed by atoms with Gasteiger partial charge in [-0.25, -0.2) is 4.39 Å². The molecule has 1 aromatic carbocycles. The van der Waals surface area contributed by atoms with Crippen LogP contribution in [0, 0.1) is 5.82 Å². The lowest BCUT2D eigenvalue weighted by atomic mass is 10.3. The fourth-order valence-corrected chi connectivity index (χ4v) is 2.49. The fraction of sp³-hybridized carbons (Fsp3) is 0.357. The van der Waals surface area contributed by atoms with Gasteiger partial charge in [0.2, 0.25) is 11.7 Å². The number of nitrogens with one attached hydrogen (secondary N) is 1. The predicted molar refractivity (Wildman–Crippen MR) is 75.3 cm³/mol. The molecule has 0 atom stereocenters. The lowest BCUT2D eigenvalue weighted by Gasteiger charge is -2.27. The second-order valence-corrected chi connectivity index (χ2v) is 5.35. The number of carbonyl (C=O) groups excluding carboxylic acids is 1. The van der Waals surface area contributed by atoms with Gasteiger partial charge in [-0.3, -0.25) is 9.69 Å². The molecule has 1 aliphatic rings. The molecule has 0 aliphatic carbocycles. The third-order valence-electron chi connectivity index (χ3n) is 3.58. The Labute approximate surface area is 134 Å². The molecule has 0 radical (unpaired) electrons. The third kappa shape index (κ3) is 3.53. The summed E-state index contributed by atoms with van der Waals surface area (Å²) in [6.07, 6.45) is -4.55. The molecule has 0 unspecified atom stereocenters. The largest absolute Gasteiger partial charge is 0.451 e. The van der Waals surface area contributed by atoms with Gasteiger partial charge in [-0.1, -0.05) is 0 Å². The summed E-state index contributed by atoms with van der Waals surface area (Å²) in [5.41, 5.74) is 0.445. The molecule has 0 spiro atoms. The van der Waals surface area contributed by atoms with Gasteiger partial charge in [0.15, 0.2) is 0 Å². The van der Waals surface area contributed by atoms with Crippen molar-refractivity contribution in [3.8, 4) is 0 Å². The number of amides is 1. The number of fused-ring (bicyclic) bond motifs is 1. The minimum atomic E-state index is -4.55. The summed E-state index contributed by atoms with van der Waals surface area (Å²) in [7, 11) is 0. The molecule has 2 heterocycles. The molecule has 2 aromatic rings. The van der Waals surface area contributed by atoms with Crippen LogP contribution in [-0.2, 0) is 24.1 Å². The van der Waals surface area contributed by atoms with Gasteiger partial charge in [0.25, 0.3) is 0 Å². The molecular weight excluding hydrogens is 330 g/mol. The fourth-order valence-electron chi connectivity index (χ4n) is 2.49. The monoisotopic (exact) mass is 343 g/mol. The van der Waals surface area contributed by atoms with Gasteiger partial charge in [-0.15, -0.1) is 10.2 Å². The van der Waals surface area contributed by atoms with E-state index in [0.717, 1.165) is 4.57 Å². The molecular formula is C14H13F4N5O. The van der Waals surface area contributed by atoms with Crippen molar-refractivity contribution in [3.63, 3.8) is 0 Å². The van der Waals surface area contributed by atoms with Crippen molar-refractivity contribution in [2.45, 2.75) is 19.3 Å². The van der Waals surface area contributed by atoms with Crippen molar-refractivity contribution in [2.75, 3.05) is 18.4 Å². The minimum absolute atomic E-state index is 0.00835. The van der Waals surface area contributed by atoms with Crippen molar-refractivity contribution in [1.82, 2.24) is 19.7 Å². The second-order valence-electron chi connectivity index (χ2n) is 5.35. The van der Waals surface area contributed by atoms with Crippen LogP contribution in [0.1, 0.15) is 11.6 Å². The number of anilines is 1. The van der Waals surface area contributed by atoms with E-state index in [-0.39, 0.29) is 37.9 Å². The van der Waals surface area contributed by atoms with E-state index in [2.05, 4.69) is 15.5 Å². The number of rotatable bonds is 3. The minimum Gasteiger partial charge on any atom is -0.325 e. The van der Waals surface area contributed by atoms with Gasteiger partial charge in [-0.2, -0.15) is 13.2 Å². The zero-order valence-corrected chi connectivity index (χ0v) is 12.3. The van der Waals surface area contributed by atoms with Crippen molar-refractivity contribution in [2.24, 2.45) is 0 Å². The first-order valence-corrected chi connectivity index (χ1v) is 7.10. The molecule has 0 bridgehead atoms. The van der Waals surface area contributed by atoms with Crippen LogP contribution in [0.3, 0.4) is 0 Å². The van der Waals surface area contributed by atoms with Crippen molar-refractivity contribution < 1.29 is 22.4 Å². The maximum absolute atomic E-state index is 12.8. The number of hydrogen-bond acceptors (Lipinski definition) is 4. The molecule has 1 aliphatic heterocycles. The predicted octanol–water partition coefficient (Wildman–Crippen LogP) is 1.89. The Balaban J connectivity index is 1.61. The summed E-state index contributed by atoms with van der Waals surface area (Å²) >= 11 is 0. The molecule has 0 saturated heterocycles. The summed E-state index contributed by atoms with van der Waals surface area (Å²) in [5, 5.41) is 9.34. The van der Waals surface area contributed by atoms with Crippen molar-refractivity contribution in [1.29, 1.82) is 0 Å². The Morgan fingerprint density at radius 3 is 2.54 bits per heavy atom. The van der Waals surface area contributed by atoms with Crippen LogP contribution in [0.15, 0.2) is 24.3 Å². The first-order valence-electron chi connectivity index (χ1n) is 7.10. The van der Waals surface area contributed by atoms with E-state index in [9.17, 15) is 22.4 Å². The second kappa shape index (κ2) is 6.19. The van der Waals surface area contributed by atoms with Crippen LogP contribution in [-0.4, -0.2) is 38.7 Å². The Hall–Kier alpha value is -2.49. The van der Waals surface area contributed by atoms with Gasteiger partial charge in [0.1, 0.15) is 11.6 Å². The van der Waals surface area contributed by atoms with Crippen LogP contribution >= 0.6 is 0 Å². The molecule has 10 heteroatoms. The van der Waals surface area contributed by atoms with E-state index in [1.807, 2.05) is 0 Å². The third-order valence-corrected chi connectivity index (χ3v) is 3.58. The highest BCUT2D eigenvalue weighted by molar-refractivity contribution is 5.92. The van der Waals surface area contributed by atoms with Crippen LogP contribution in [0.4, 0.5) is 23.2 Å². The number of benzene rings is 1. The molecule has 1 amide bonds. The molecule has 0 saturated carbocycles. The van der Waals surface area contributed by atoms with Gasteiger partial charge in [-0.05, 0) is 24.3 Å². The Bertz CT molecular complexity index is 741. The Morgan fingerprint density at radius 1 is 1.17 bits per heavy atom. The molecule has 6 nitrogen and oxygen atoms in total. The van der Waals surface area contributed by atoms with E-state index < -0.39 is 17.8 Å². The number of halogens is 4. The maximum Gasteiger partial charge on any atom is 0.451 e. The van der Waals surface area contributed by atoms with Crippen LogP contribution in [0.5, 0.6) is 0 Å². The van der Waals surface area contributed by atoms with Crippen LogP contribution in [0.25, 0.3) is 0 Å². The maximum atomic E-state index is 12.8. The summed E-state index contributed by atoms with van der Waals surface area (Å²) in [5.74, 6) is -1.61. The van der Waals surface area contributed by atoms with E-state index in [1.165, 1.54) is 24.3 Å². The van der Waals surface area contributed by atoms with E-state index in [1.54, 1.807) is 4.90 Å². The van der Waals surface area contributed by atoms with Gasteiger partial charge in [0, 0.05) is 18.8 Å². The van der Waals surface area contributed by atoms with E-state index >= 15 is 0 Å². The molecule has 128 valence electrons. The smallest absolute Gasteiger partial charge is 0.325 e. The zero-order valence-electron chi connectivity index (χ0n) is 12.3. The van der Waals surface area contributed by atoms with Crippen molar-refractivity contribution in [3.05, 3.63) is 41.7 Å². The summed E-state index contributed by atoms with van der Waals surface area (Å²) in [6.45, 7) is 0.414. The first-order chi connectivity index (χ1) is 11.3. The van der Waals surface area contributed by atoms with E-state index in [0.29, 0.717) is 5.69 Å². The van der Waals surface area contributed by atoms with Gasteiger partial charge >= 0.3 is 6.18 Å². The van der Waals surface area contributed by atoms with Crippen LogP contribution in [0.2, 0.25) is 0 Å². The normalized spacial score (nSPS) is 15.2. The summed E-state index contributed by atoms with van der Waals surface area (Å²) in [6, 6.07) is 5.29. The van der Waals surface area contributed by atoms with Crippen LogP contribution < -0.4 is 5.32 Å². The number of aromatic nitrogens is 3. The highest BCUT2D eigenvalue weighted by atomic mass is 19.4. The number of hydrogen-bond donors (Lipinski definition) is 1. The summed E-state index contributed by atoms with van der Waals surface area (Å²) in [4.78, 5) is 13.6. The topological polar surface area (TPSA) is 63.1 Å². The average molecular weight is 343 g/mol. The van der Waals surface area contributed by atoms with Gasteiger partial charge in [0.05, 0.1) is 13.1 Å². The number of nitrogens with zero attached hydrogens (tertiary/aromatic N) is 4. The standard InChI is InChI=1S/C14H13F4N5O/c15-9-1-3-10(4-2-9)19-12(24)8-22-5-6-23-11(7-22)20-21-13(23)14(16,17)18/h1-4H,5-8H2,(H,19,24). The van der Waals surface area contributed by atoms with Crippen molar-refractivity contribution >= 4 is 11.6 Å². The number of carbonyl (C=O) groups is 1. The highest BCUT2D eigenvalue weighted by Gasteiger charge is 2.39. The zero-order chi connectivity index (χ0) is 17.3. The first kappa shape index (κ1) is 16.4. The highest BCUT2D eigenvalue weighted by Crippen LogP contribution is 2.29. The Kier molecular flexibility index (Phi) is 4.22. The summed E-state index contributed by atoms with van der Waals surface area (Å²) < 4.78 is 52.1. The van der Waals surface area contributed by atoms with E-state index in [4.69, 9.17) is 0 Å². The molecule has 1 aromatic heterocycles. The molecule has 0 fully saturated rings. The average Bonchev–Trinajstić information content (AvgIpc) is 2.93. The quantitative estimate of drug-likeness (QED) is 0.865. The SMILES string of the molecule is O=C(CN1CCn2c(nnc2C(F)(F)F)C1)Nc1ccc(F)cc1. The van der Waals surface area contributed by atoms with Gasteiger partial charge < -0.3 is 9.88 Å².